The fourth-order valence-corrected chi connectivity index (χ4v) is 22.9. The van der Waals surface area contributed by atoms with Crippen LogP contribution in [-0.2, 0) is 0 Å². The molecule has 138 heavy (non-hydrogen) atoms. The first-order valence-corrected chi connectivity index (χ1v) is 47.8. The van der Waals surface area contributed by atoms with E-state index in [1.807, 2.05) is 23.5 Å². The lowest BCUT2D eigenvalue weighted by atomic mass is 9.92. The first kappa shape index (κ1) is 78.5. The highest BCUT2D eigenvalue weighted by Crippen LogP contribution is 2.47. The number of hydrogen-bond acceptors (Lipinski definition) is 5. The van der Waals surface area contributed by atoms with Gasteiger partial charge in [-0.2, -0.15) is 0 Å². The van der Waals surface area contributed by atoms with Crippen molar-refractivity contribution in [1.82, 2.24) is 32.7 Å². The van der Waals surface area contributed by atoms with Crippen molar-refractivity contribution in [2.75, 3.05) is 0 Å². The minimum atomic E-state index is 0.910. The molecule has 0 bridgehead atoms. The quantitative estimate of drug-likeness (QED) is 0.135. The fourth-order valence-electron chi connectivity index (χ4n) is 21.7. The van der Waals surface area contributed by atoms with Gasteiger partial charge in [0, 0.05) is 98.3 Å². The molecule has 0 saturated carbocycles. The summed E-state index contributed by atoms with van der Waals surface area (Å²) in [6.07, 6.45) is 6.36. The lowest BCUT2D eigenvalue weighted by molar-refractivity contribution is 0.669. The Morgan fingerprint density at radius 2 is 0.471 bits per heavy atom. The number of nitrogens with zero attached hydrogens (tertiary/aromatic N) is 7. The molecule has 0 amide bonds. The lowest BCUT2D eigenvalue weighted by Crippen LogP contribution is -1.94. The van der Waals surface area contributed by atoms with E-state index in [-0.39, 0.29) is 0 Å². The van der Waals surface area contributed by atoms with Crippen molar-refractivity contribution in [2.24, 2.45) is 0 Å². The zero-order valence-corrected chi connectivity index (χ0v) is 75.4. The molecule has 0 saturated heterocycles. The number of rotatable bonds is 9. The van der Waals surface area contributed by atoms with Crippen LogP contribution in [0.5, 0.6) is 0 Å². The molecular formula is C129H79N7OS. The molecule has 30 aromatic rings. The number of imidazole rings is 3. The second-order valence-electron chi connectivity index (χ2n) is 36.1. The highest BCUT2D eigenvalue weighted by Gasteiger charge is 2.24. The summed E-state index contributed by atoms with van der Waals surface area (Å²) in [7, 11) is 0. The van der Waals surface area contributed by atoms with Gasteiger partial charge in [0.15, 0.2) is 0 Å². The van der Waals surface area contributed by atoms with Gasteiger partial charge in [0.05, 0.1) is 44.1 Å². The average Bonchev–Trinajstić information content (AvgIpc) is 1.49. The molecule has 0 spiro atoms. The van der Waals surface area contributed by atoms with Gasteiger partial charge in [-0.05, 0) is 261 Å². The Balaban J connectivity index is 0.000000102. The summed E-state index contributed by atoms with van der Waals surface area (Å²) < 4.78 is 17.9. The van der Waals surface area contributed by atoms with Crippen LogP contribution in [0.4, 0.5) is 0 Å². The van der Waals surface area contributed by atoms with Gasteiger partial charge in [0.1, 0.15) is 28.1 Å². The van der Waals surface area contributed by atoms with Gasteiger partial charge in [-0.15, -0.1) is 11.3 Å². The second kappa shape index (κ2) is 31.8. The largest absolute Gasteiger partial charge is 0.456 e. The number of hydrogen-bond donors (Lipinski definition) is 0. The Hall–Kier alpha value is -18.2. The fraction of sp³-hybridized carbons (Fsp3) is 0. The van der Waals surface area contributed by atoms with Crippen molar-refractivity contribution < 1.29 is 4.42 Å². The van der Waals surface area contributed by atoms with Crippen LogP contribution < -0.4 is 0 Å². The molecule has 21 aromatic carbocycles. The molecule has 9 heteroatoms. The molecule has 8 nitrogen and oxygen atoms in total. The zero-order valence-electron chi connectivity index (χ0n) is 74.6. The summed E-state index contributed by atoms with van der Waals surface area (Å²) in [5.41, 5.74) is 34.0. The van der Waals surface area contributed by atoms with Crippen molar-refractivity contribution in [3.8, 4) is 94.7 Å². The van der Waals surface area contributed by atoms with E-state index in [0.29, 0.717) is 0 Å². The van der Waals surface area contributed by atoms with Gasteiger partial charge in [0.25, 0.3) is 0 Å². The maximum atomic E-state index is 6.21. The predicted octanol–water partition coefficient (Wildman–Crippen LogP) is 35.1. The zero-order chi connectivity index (χ0) is 90.6. The molecule has 642 valence electrons. The summed E-state index contributed by atoms with van der Waals surface area (Å²) in [4.78, 5) is 15.4. The van der Waals surface area contributed by atoms with Crippen LogP contribution in [0.2, 0.25) is 0 Å². The van der Waals surface area contributed by atoms with Gasteiger partial charge < -0.3 is 8.98 Å². The third-order valence-electron chi connectivity index (χ3n) is 28.3. The smallest absolute Gasteiger partial charge is 0.137 e. The summed E-state index contributed by atoms with van der Waals surface area (Å²) >= 11 is 1.87. The molecule has 0 unspecified atom stereocenters. The molecule has 0 aliphatic rings. The van der Waals surface area contributed by atoms with Gasteiger partial charge >= 0.3 is 0 Å². The van der Waals surface area contributed by atoms with Gasteiger partial charge in [-0.3, -0.25) is 13.2 Å². The number of fused-ring (bicyclic) bond motifs is 33. The Morgan fingerprint density at radius 1 is 0.174 bits per heavy atom. The Labute approximate surface area is 795 Å². The maximum absolute atomic E-state index is 6.21. The van der Waals surface area contributed by atoms with Crippen molar-refractivity contribution >= 4 is 190 Å². The normalized spacial score (nSPS) is 11.9. The Kier molecular flexibility index (Phi) is 18.1. The second-order valence-corrected chi connectivity index (χ2v) is 37.2. The van der Waals surface area contributed by atoms with E-state index in [1.54, 1.807) is 0 Å². The topological polar surface area (TPSA) is 70.0 Å². The lowest BCUT2D eigenvalue weighted by Gasteiger charge is -2.13. The number of furan rings is 1. The van der Waals surface area contributed by atoms with Crippen LogP contribution in [0, 0.1) is 0 Å². The summed E-state index contributed by atoms with van der Waals surface area (Å²) in [6.45, 7) is 0. The third kappa shape index (κ3) is 12.9. The molecule has 0 aliphatic heterocycles. The Bertz CT molecular complexity index is 9820. The van der Waals surface area contributed by atoms with E-state index in [9.17, 15) is 0 Å². The van der Waals surface area contributed by atoms with Crippen molar-refractivity contribution in [2.45, 2.75) is 0 Å². The van der Waals surface area contributed by atoms with E-state index >= 15 is 0 Å². The summed E-state index contributed by atoms with van der Waals surface area (Å²) in [6, 6.07) is 166. The van der Waals surface area contributed by atoms with E-state index in [0.717, 1.165) is 94.2 Å². The first-order valence-electron chi connectivity index (χ1n) is 47.0. The highest BCUT2D eigenvalue weighted by molar-refractivity contribution is 7.25. The minimum absolute atomic E-state index is 0.910. The van der Waals surface area contributed by atoms with E-state index < -0.39 is 0 Å². The van der Waals surface area contributed by atoms with Gasteiger partial charge in [0.2, 0.25) is 0 Å². The van der Waals surface area contributed by atoms with Crippen LogP contribution >= 0.6 is 11.3 Å². The standard InChI is InChI=1S/C43H27N3.C43H26N2O.C43H26N2S/c1-2-11-28(12-3-1)30-20-22-35-37(26-30)38-27-31(21-23-36(38)43-42(35)44-41-19-8-9-24-45(41)43)29-13-10-14-32(25-29)46-39-17-6-4-15-33(39)34-16-5-7-18-40(34)46;2*1-2-9-27(10-3-1)30-17-20-35-37(24-30)38-25-31(18-21-36(38)43-42(35)44-41-15-6-7-22-45(41)43)28-11-8-12-29(23-28)32-16-19-34-33-13-4-5-14-39(33)46-40(34)26-32/h1-27H;2*1-26H. The number of benzene rings is 21. The van der Waals surface area contributed by atoms with E-state index in [4.69, 9.17) is 19.4 Å². The van der Waals surface area contributed by atoms with Crippen LogP contribution in [-0.4, -0.2) is 32.7 Å². The molecule has 0 aliphatic carbocycles. The van der Waals surface area contributed by atoms with Crippen LogP contribution in [0.1, 0.15) is 0 Å². The molecule has 0 N–H and O–H groups in total. The molecule has 0 radical (unpaired) electrons. The molecule has 9 heterocycles. The van der Waals surface area contributed by atoms with Gasteiger partial charge in [-0.1, -0.05) is 322 Å². The van der Waals surface area contributed by atoms with Crippen molar-refractivity contribution in [3.05, 3.63) is 480 Å². The van der Waals surface area contributed by atoms with Crippen molar-refractivity contribution in [3.63, 3.8) is 0 Å². The van der Waals surface area contributed by atoms with E-state index in [2.05, 4.69) is 485 Å². The summed E-state index contributed by atoms with van der Waals surface area (Å²) in [5.74, 6) is 0. The number of thiophene rings is 1. The van der Waals surface area contributed by atoms with Crippen LogP contribution in [0.15, 0.2) is 484 Å². The molecule has 9 aromatic heterocycles. The van der Waals surface area contributed by atoms with E-state index in [1.165, 1.54) is 179 Å². The number of para-hydroxylation sites is 3. The summed E-state index contributed by atoms with van der Waals surface area (Å²) in [5, 5.41) is 21.9. The highest BCUT2D eigenvalue weighted by atomic mass is 32.1. The minimum Gasteiger partial charge on any atom is -0.456 e. The van der Waals surface area contributed by atoms with Crippen LogP contribution in [0.3, 0.4) is 0 Å². The number of pyridine rings is 3. The first-order chi connectivity index (χ1) is 68.4. The SMILES string of the molecule is c1ccc(-c2ccc3c(c2)c2cc(-c4cccc(-c5ccc6c(c5)oc5ccccc56)c4)ccc2c2c3nc3ccccn32)cc1.c1ccc(-c2ccc3c(c2)c2cc(-c4cccc(-c5ccc6c(c5)sc5ccccc56)c4)ccc2c2c3nc3ccccn32)cc1.c1ccc(-c2ccc3c(c2)c2cc(-c4cccc(-n5c6ccccc6c6ccccc65)c4)ccc2c2c3nc3ccccn32)cc1. The molecule has 30 rings (SSSR count). The molecule has 0 fully saturated rings. The monoisotopic (exact) mass is 1770 g/mol. The molecule has 0 atom stereocenters. The Morgan fingerprint density at radius 3 is 0.913 bits per heavy atom. The maximum Gasteiger partial charge on any atom is 0.137 e. The van der Waals surface area contributed by atoms with Crippen LogP contribution in [0.25, 0.3) is 273 Å². The average molecular weight is 1780 g/mol. The van der Waals surface area contributed by atoms with Gasteiger partial charge in [-0.25, -0.2) is 15.0 Å². The number of aromatic nitrogens is 7. The van der Waals surface area contributed by atoms with Crippen molar-refractivity contribution in [1.29, 1.82) is 0 Å². The predicted molar refractivity (Wildman–Crippen MR) is 581 cm³/mol. The molecular weight excluding hydrogens is 1700 g/mol. The third-order valence-corrected chi connectivity index (χ3v) is 29.4.